The standard InChI is InChI=1S/C10H15ClN4/c1-8(2)14-10(3,6-12)7-15-5-9(11)4-13-15/h4-5,8,14H,7H2,1-3H3. The van der Waals surface area contributed by atoms with Crippen LogP contribution in [0.3, 0.4) is 0 Å². The normalized spacial score (nSPS) is 14.9. The van der Waals surface area contributed by atoms with Crippen molar-refractivity contribution in [3.63, 3.8) is 0 Å². The first-order chi connectivity index (χ1) is 6.95. The SMILES string of the molecule is CC(C)NC(C)(C#N)Cn1cc(Cl)cn1. The maximum absolute atomic E-state index is 9.12. The molecule has 82 valence electrons. The molecule has 5 heteroatoms. The first-order valence-corrected chi connectivity index (χ1v) is 5.20. The number of halogens is 1. The molecule has 0 aliphatic carbocycles. The number of nitrogens with one attached hydrogen (secondary N) is 1. The van der Waals surface area contributed by atoms with E-state index in [0.717, 1.165) is 0 Å². The highest BCUT2D eigenvalue weighted by atomic mass is 35.5. The molecule has 0 spiro atoms. The Balaban J connectivity index is 2.73. The van der Waals surface area contributed by atoms with E-state index >= 15 is 0 Å². The second-order valence-electron chi connectivity index (χ2n) is 4.10. The zero-order valence-electron chi connectivity index (χ0n) is 9.16. The quantitative estimate of drug-likeness (QED) is 0.852. The average molecular weight is 227 g/mol. The van der Waals surface area contributed by atoms with Gasteiger partial charge in [-0.2, -0.15) is 10.4 Å². The van der Waals surface area contributed by atoms with Gasteiger partial charge < -0.3 is 0 Å². The fourth-order valence-electron chi connectivity index (χ4n) is 1.50. The van der Waals surface area contributed by atoms with E-state index in [4.69, 9.17) is 16.9 Å². The van der Waals surface area contributed by atoms with E-state index in [1.54, 1.807) is 17.1 Å². The van der Waals surface area contributed by atoms with Crippen molar-refractivity contribution in [3.05, 3.63) is 17.4 Å². The largest absolute Gasteiger partial charge is 0.296 e. The maximum Gasteiger partial charge on any atom is 0.123 e. The van der Waals surface area contributed by atoms with Crippen LogP contribution in [-0.2, 0) is 6.54 Å². The van der Waals surface area contributed by atoms with Gasteiger partial charge in [-0.1, -0.05) is 11.6 Å². The Bertz CT molecular complexity index is 366. The number of rotatable bonds is 4. The van der Waals surface area contributed by atoms with Crippen LogP contribution < -0.4 is 5.32 Å². The van der Waals surface area contributed by atoms with E-state index in [2.05, 4.69) is 16.5 Å². The minimum absolute atomic E-state index is 0.251. The average Bonchev–Trinajstić information content (AvgIpc) is 2.49. The summed E-state index contributed by atoms with van der Waals surface area (Å²) in [4.78, 5) is 0. The molecule has 1 heterocycles. The lowest BCUT2D eigenvalue weighted by Crippen LogP contribution is -2.48. The first kappa shape index (κ1) is 12.0. The molecule has 1 unspecified atom stereocenters. The summed E-state index contributed by atoms with van der Waals surface area (Å²) in [6.07, 6.45) is 3.27. The van der Waals surface area contributed by atoms with Crippen LogP contribution >= 0.6 is 11.6 Å². The van der Waals surface area contributed by atoms with Crippen molar-refractivity contribution in [2.45, 2.75) is 38.9 Å². The molecule has 0 radical (unpaired) electrons. The molecule has 1 atom stereocenters. The van der Waals surface area contributed by atoms with E-state index in [9.17, 15) is 0 Å². The molecule has 1 aromatic rings. The zero-order chi connectivity index (χ0) is 11.5. The highest BCUT2D eigenvalue weighted by molar-refractivity contribution is 6.30. The number of hydrogen-bond acceptors (Lipinski definition) is 3. The van der Waals surface area contributed by atoms with Crippen LogP contribution in [0.1, 0.15) is 20.8 Å². The maximum atomic E-state index is 9.12. The van der Waals surface area contributed by atoms with Gasteiger partial charge >= 0.3 is 0 Å². The molecule has 0 saturated heterocycles. The van der Waals surface area contributed by atoms with Gasteiger partial charge in [0.2, 0.25) is 0 Å². The third-order valence-corrected chi connectivity index (χ3v) is 2.13. The molecule has 1 aromatic heterocycles. The van der Waals surface area contributed by atoms with Crippen LogP contribution in [0.4, 0.5) is 0 Å². The van der Waals surface area contributed by atoms with Crippen LogP contribution in [-0.4, -0.2) is 21.4 Å². The second kappa shape index (κ2) is 4.65. The summed E-state index contributed by atoms with van der Waals surface area (Å²) >= 11 is 5.75. The Hall–Kier alpha value is -1.05. The van der Waals surface area contributed by atoms with Gasteiger partial charge in [-0.05, 0) is 20.8 Å². The monoisotopic (exact) mass is 226 g/mol. The molecule has 1 N–H and O–H groups in total. The van der Waals surface area contributed by atoms with Gasteiger partial charge in [-0.25, -0.2) is 0 Å². The van der Waals surface area contributed by atoms with E-state index in [0.29, 0.717) is 11.6 Å². The van der Waals surface area contributed by atoms with Gasteiger partial charge in [0.25, 0.3) is 0 Å². The highest BCUT2D eigenvalue weighted by Crippen LogP contribution is 2.10. The van der Waals surface area contributed by atoms with Crippen LogP contribution in [0.5, 0.6) is 0 Å². The number of aromatic nitrogens is 2. The molecule has 0 aliphatic heterocycles. The van der Waals surface area contributed by atoms with Crippen molar-refractivity contribution < 1.29 is 0 Å². The summed E-state index contributed by atoms with van der Waals surface area (Å²) in [7, 11) is 0. The Kier molecular flexibility index (Phi) is 3.72. The van der Waals surface area contributed by atoms with Gasteiger partial charge in [0.05, 0.1) is 23.8 Å². The lowest BCUT2D eigenvalue weighted by Gasteiger charge is -2.25. The number of hydrogen-bond donors (Lipinski definition) is 1. The van der Waals surface area contributed by atoms with Crippen LogP contribution in [0.25, 0.3) is 0 Å². The summed E-state index contributed by atoms with van der Waals surface area (Å²) in [6.45, 7) is 6.34. The van der Waals surface area contributed by atoms with Gasteiger partial charge in [-0.15, -0.1) is 0 Å². The molecular weight excluding hydrogens is 212 g/mol. The van der Waals surface area contributed by atoms with Gasteiger partial charge in [0.15, 0.2) is 0 Å². The van der Waals surface area contributed by atoms with Gasteiger partial charge in [0.1, 0.15) is 5.54 Å². The van der Waals surface area contributed by atoms with Crippen LogP contribution in [0.2, 0.25) is 5.02 Å². The molecule has 0 bridgehead atoms. The van der Waals surface area contributed by atoms with Crippen LogP contribution in [0.15, 0.2) is 12.4 Å². The lowest BCUT2D eigenvalue weighted by molar-refractivity contribution is 0.344. The molecule has 1 rings (SSSR count). The molecule has 0 aliphatic rings. The third kappa shape index (κ3) is 3.54. The van der Waals surface area contributed by atoms with E-state index in [-0.39, 0.29) is 6.04 Å². The zero-order valence-corrected chi connectivity index (χ0v) is 9.91. The third-order valence-electron chi connectivity index (χ3n) is 1.93. The Morgan fingerprint density at radius 2 is 2.40 bits per heavy atom. The Labute approximate surface area is 94.8 Å². The number of nitriles is 1. The van der Waals surface area contributed by atoms with E-state index in [1.807, 2.05) is 20.8 Å². The summed E-state index contributed by atoms with van der Waals surface area (Å²) in [5.41, 5.74) is -0.622. The smallest absolute Gasteiger partial charge is 0.123 e. The summed E-state index contributed by atoms with van der Waals surface area (Å²) in [5, 5.41) is 16.9. The molecular formula is C10H15ClN4. The van der Waals surface area contributed by atoms with Gasteiger partial charge in [0, 0.05) is 12.2 Å². The fraction of sp³-hybridized carbons (Fsp3) is 0.600. The van der Waals surface area contributed by atoms with Crippen molar-refractivity contribution in [3.8, 4) is 6.07 Å². The fourth-order valence-corrected chi connectivity index (χ4v) is 1.66. The summed E-state index contributed by atoms with van der Waals surface area (Å²) in [5.74, 6) is 0. The van der Waals surface area contributed by atoms with Crippen LogP contribution in [0, 0.1) is 11.3 Å². The van der Waals surface area contributed by atoms with Crippen molar-refractivity contribution in [1.82, 2.24) is 15.1 Å². The minimum Gasteiger partial charge on any atom is -0.296 e. The molecule has 4 nitrogen and oxygen atoms in total. The van der Waals surface area contributed by atoms with Crippen molar-refractivity contribution in [1.29, 1.82) is 5.26 Å². The molecule has 0 fully saturated rings. The summed E-state index contributed by atoms with van der Waals surface area (Å²) in [6, 6.07) is 2.50. The van der Waals surface area contributed by atoms with Crippen molar-refractivity contribution in [2.24, 2.45) is 0 Å². The summed E-state index contributed by atoms with van der Waals surface area (Å²) < 4.78 is 1.67. The molecule has 0 aromatic carbocycles. The van der Waals surface area contributed by atoms with Crippen molar-refractivity contribution in [2.75, 3.05) is 0 Å². The Morgan fingerprint density at radius 3 is 2.80 bits per heavy atom. The predicted octanol–water partition coefficient (Wildman–Crippen LogP) is 1.82. The molecule has 15 heavy (non-hydrogen) atoms. The molecule has 0 amide bonds. The number of nitrogens with zero attached hydrogens (tertiary/aromatic N) is 3. The first-order valence-electron chi connectivity index (χ1n) is 4.82. The van der Waals surface area contributed by atoms with E-state index in [1.165, 1.54) is 0 Å². The highest BCUT2D eigenvalue weighted by Gasteiger charge is 2.25. The molecule has 0 saturated carbocycles. The van der Waals surface area contributed by atoms with Crippen molar-refractivity contribution >= 4 is 11.6 Å². The second-order valence-corrected chi connectivity index (χ2v) is 4.54. The topological polar surface area (TPSA) is 53.6 Å². The predicted molar refractivity (Wildman–Crippen MR) is 59.5 cm³/mol. The van der Waals surface area contributed by atoms with Gasteiger partial charge in [-0.3, -0.25) is 10.00 Å². The Morgan fingerprint density at radius 1 is 1.73 bits per heavy atom. The minimum atomic E-state index is -0.622. The lowest BCUT2D eigenvalue weighted by atomic mass is 10.0. The van der Waals surface area contributed by atoms with E-state index < -0.39 is 5.54 Å².